The quantitative estimate of drug-likeness (QED) is 0.625. The number of halogens is 3. The van der Waals surface area contributed by atoms with Gasteiger partial charge in [-0.25, -0.2) is 0 Å². The maximum absolute atomic E-state index is 6.29. The van der Waals surface area contributed by atoms with E-state index in [0.717, 1.165) is 34.4 Å². The first-order valence-corrected chi connectivity index (χ1v) is 9.00. The summed E-state index contributed by atoms with van der Waals surface area (Å²) in [4.78, 5) is 0. The Morgan fingerprint density at radius 2 is 2.10 bits per heavy atom. The molecule has 1 unspecified atom stereocenters. The average Bonchev–Trinajstić information content (AvgIpc) is 2.83. The van der Waals surface area contributed by atoms with Gasteiger partial charge in [0.1, 0.15) is 0 Å². The second-order valence-corrected chi connectivity index (χ2v) is 7.06. The SMILES string of the molecule is CCCNC(Cc1ccc(Cl)cc1Cl)c1cscc1Br. The van der Waals surface area contributed by atoms with Crippen molar-refractivity contribution in [2.75, 3.05) is 6.54 Å². The smallest absolute Gasteiger partial charge is 0.0453 e. The zero-order valence-electron chi connectivity index (χ0n) is 11.1. The standard InChI is InChI=1S/C15H16BrCl2NS/c1-2-5-19-15(12-8-20-9-13(12)16)6-10-3-4-11(17)7-14(10)18/h3-4,7-9,15,19H,2,5-6H2,1H3. The Bertz CT molecular complexity index is 571. The predicted molar refractivity (Wildman–Crippen MR) is 93.2 cm³/mol. The Balaban J connectivity index is 2.21. The highest BCUT2D eigenvalue weighted by Gasteiger charge is 2.16. The number of nitrogens with one attached hydrogen (secondary N) is 1. The Morgan fingerprint density at radius 3 is 2.70 bits per heavy atom. The van der Waals surface area contributed by atoms with Crippen LogP contribution in [-0.2, 0) is 6.42 Å². The van der Waals surface area contributed by atoms with Gasteiger partial charge in [-0.15, -0.1) is 0 Å². The van der Waals surface area contributed by atoms with E-state index in [0.29, 0.717) is 5.02 Å². The van der Waals surface area contributed by atoms with E-state index >= 15 is 0 Å². The maximum atomic E-state index is 6.29. The Kier molecular flexibility index (Phi) is 6.37. The van der Waals surface area contributed by atoms with E-state index in [-0.39, 0.29) is 6.04 Å². The Morgan fingerprint density at radius 1 is 1.30 bits per heavy atom. The van der Waals surface area contributed by atoms with Crippen LogP contribution in [-0.4, -0.2) is 6.54 Å². The average molecular weight is 393 g/mol. The second-order valence-electron chi connectivity index (χ2n) is 4.62. The monoisotopic (exact) mass is 391 g/mol. The van der Waals surface area contributed by atoms with Crippen molar-refractivity contribution in [2.45, 2.75) is 25.8 Å². The second kappa shape index (κ2) is 7.81. The van der Waals surface area contributed by atoms with Gasteiger partial charge in [-0.05, 0) is 64.0 Å². The molecule has 0 spiro atoms. The van der Waals surface area contributed by atoms with Gasteiger partial charge in [-0.1, -0.05) is 36.2 Å². The van der Waals surface area contributed by atoms with Crippen molar-refractivity contribution in [3.05, 3.63) is 54.6 Å². The van der Waals surface area contributed by atoms with E-state index in [1.807, 2.05) is 12.1 Å². The Labute approximate surface area is 142 Å². The largest absolute Gasteiger partial charge is 0.310 e. The van der Waals surface area contributed by atoms with Crippen LogP contribution in [0, 0.1) is 0 Å². The van der Waals surface area contributed by atoms with Gasteiger partial charge in [0.25, 0.3) is 0 Å². The fourth-order valence-corrected chi connectivity index (χ4v) is 4.17. The van der Waals surface area contributed by atoms with E-state index < -0.39 is 0 Å². The molecule has 2 rings (SSSR count). The van der Waals surface area contributed by atoms with Crippen LogP contribution in [0.25, 0.3) is 0 Å². The number of rotatable bonds is 6. The highest BCUT2D eigenvalue weighted by Crippen LogP contribution is 2.31. The predicted octanol–water partition coefficient (Wildman–Crippen LogP) is 6.10. The minimum Gasteiger partial charge on any atom is -0.310 e. The molecular weight excluding hydrogens is 377 g/mol. The zero-order chi connectivity index (χ0) is 14.5. The third-order valence-corrected chi connectivity index (χ3v) is 5.44. The molecule has 0 aliphatic heterocycles. The zero-order valence-corrected chi connectivity index (χ0v) is 15.0. The van der Waals surface area contributed by atoms with Crippen LogP contribution in [0.2, 0.25) is 10.0 Å². The molecule has 1 atom stereocenters. The molecular formula is C15H16BrCl2NS. The van der Waals surface area contributed by atoms with Crippen LogP contribution in [0.4, 0.5) is 0 Å². The third-order valence-electron chi connectivity index (χ3n) is 3.10. The minimum absolute atomic E-state index is 0.259. The summed E-state index contributed by atoms with van der Waals surface area (Å²) in [6, 6.07) is 5.96. The molecule has 1 aromatic heterocycles. The van der Waals surface area contributed by atoms with Crippen LogP contribution in [0.15, 0.2) is 33.4 Å². The summed E-state index contributed by atoms with van der Waals surface area (Å²) in [5.74, 6) is 0. The number of benzene rings is 1. The lowest BCUT2D eigenvalue weighted by Crippen LogP contribution is -2.24. The molecule has 108 valence electrons. The van der Waals surface area contributed by atoms with Crippen molar-refractivity contribution in [1.82, 2.24) is 5.32 Å². The van der Waals surface area contributed by atoms with Crippen LogP contribution in [0.1, 0.15) is 30.5 Å². The van der Waals surface area contributed by atoms with E-state index in [9.17, 15) is 0 Å². The molecule has 1 heterocycles. The summed E-state index contributed by atoms with van der Waals surface area (Å²) in [6.07, 6.45) is 1.96. The molecule has 0 fully saturated rings. The van der Waals surface area contributed by atoms with Crippen molar-refractivity contribution in [3.63, 3.8) is 0 Å². The molecule has 1 nitrogen and oxygen atoms in total. The molecule has 0 bridgehead atoms. The minimum atomic E-state index is 0.259. The van der Waals surface area contributed by atoms with Gasteiger partial charge in [0.15, 0.2) is 0 Å². The van der Waals surface area contributed by atoms with Crippen molar-refractivity contribution in [2.24, 2.45) is 0 Å². The molecule has 0 saturated heterocycles. The summed E-state index contributed by atoms with van der Waals surface area (Å²) >= 11 is 17.6. The van der Waals surface area contributed by atoms with Gasteiger partial charge in [0.05, 0.1) is 0 Å². The molecule has 0 radical (unpaired) electrons. The van der Waals surface area contributed by atoms with Gasteiger partial charge in [-0.2, -0.15) is 11.3 Å². The fraction of sp³-hybridized carbons (Fsp3) is 0.333. The number of thiophene rings is 1. The molecule has 20 heavy (non-hydrogen) atoms. The topological polar surface area (TPSA) is 12.0 Å². The molecule has 0 aliphatic rings. The van der Waals surface area contributed by atoms with E-state index in [1.54, 1.807) is 17.4 Å². The number of hydrogen-bond donors (Lipinski definition) is 1. The molecule has 0 aliphatic carbocycles. The van der Waals surface area contributed by atoms with Crippen LogP contribution < -0.4 is 5.32 Å². The maximum Gasteiger partial charge on any atom is 0.0453 e. The fourth-order valence-electron chi connectivity index (χ4n) is 2.06. The summed E-state index contributed by atoms with van der Waals surface area (Å²) < 4.78 is 1.15. The molecule has 1 aromatic carbocycles. The normalized spacial score (nSPS) is 12.6. The summed E-state index contributed by atoms with van der Waals surface area (Å²) in [6.45, 7) is 3.15. The lowest BCUT2D eigenvalue weighted by Gasteiger charge is -2.19. The lowest BCUT2D eigenvalue weighted by molar-refractivity contribution is 0.529. The first kappa shape index (κ1) is 16.3. The number of hydrogen-bond acceptors (Lipinski definition) is 2. The van der Waals surface area contributed by atoms with Crippen molar-refractivity contribution in [1.29, 1.82) is 0 Å². The Hall–Kier alpha value is -0.0600. The third kappa shape index (κ3) is 4.22. The van der Waals surface area contributed by atoms with Gasteiger partial charge in [-0.3, -0.25) is 0 Å². The van der Waals surface area contributed by atoms with Crippen molar-refractivity contribution >= 4 is 50.5 Å². The van der Waals surface area contributed by atoms with E-state index in [4.69, 9.17) is 23.2 Å². The van der Waals surface area contributed by atoms with Crippen molar-refractivity contribution in [3.8, 4) is 0 Å². The van der Waals surface area contributed by atoms with Crippen LogP contribution in [0.3, 0.4) is 0 Å². The molecule has 0 saturated carbocycles. The van der Waals surface area contributed by atoms with Gasteiger partial charge < -0.3 is 5.32 Å². The first-order valence-electron chi connectivity index (χ1n) is 6.50. The van der Waals surface area contributed by atoms with Crippen LogP contribution in [0.5, 0.6) is 0 Å². The van der Waals surface area contributed by atoms with Crippen molar-refractivity contribution < 1.29 is 0 Å². The van der Waals surface area contributed by atoms with Gasteiger partial charge in [0.2, 0.25) is 0 Å². The van der Waals surface area contributed by atoms with Gasteiger partial charge in [0, 0.05) is 25.9 Å². The highest BCUT2D eigenvalue weighted by molar-refractivity contribution is 9.10. The van der Waals surface area contributed by atoms with Crippen LogP contribution >= 0.6 is 50.5 Å². The molecule has 5 heteroatoms. The lowest BCUT2D eigenvalue weighted by atomic mass is 10.0. The molecule has 1 N–H and O–H groups in total. The summed E-state index contributed by atoms with van der Waals surface area (Å²) in [7, 11) is 0. The van der Waals surface area contributed by atoms with Gasteiger partial charge >= 0.3 is 0 Å². The molecule has 0 amide bonds. The highest BCUT2D eigenvalue weighted by atomic mass is 79.9. The first-order chi connectivity index (χ1) is 9.61. The summed E-state index contributed by atoms with van der Waals surface area (Å²) in [5, 5.41) is 9.28. The molecule has 2 aromatic rings. The summed E-state index contributed by atoms with van der Waals surface area (Å²) in [5.41, 5.74) is 2.40. The van der Waals surface area contributed by atoms with E-state index in [2.05, 4.69) is 38.9 Å². The van der Waals surface area contributed by atoms with E-state index in [1.165, 1.54) is 5.56 Å².